The smallest absolute Gasteiger partial charge is 0.243 e. The van der Waals surface area contributed by atoms with Gasteiger partial charge in [-0.2, -0.15) is 4.31 Å². The predicted octanol–water partition coefficient (Wildman–Crippen LogP) is 2.70. The van der Waals surface area contributed by atoms with E-state index in [0.717, 1.165) is 12.8 Å². The van der Waals surface area contributed by atoms with E-state index in [2.05, 4.69) is 6.92 Å². The summed E-state index contributed by atoms with van der Waals surface area (Å²) in [6, 6.07) is 6.24. The maximum atomic E-state index is 12.7. The van der Waals surface area contributed by atoms with E-state index >= 15 is 0 Å². The van der Waals surface area contributed by atoms with Gasteiger partial charge in [-0.25, -0.2) is 8.42 Å². The van der Waals surface area contributed by atoms with Crippen LogP contribution in [0.1, 0.15) is 44.0 Å². The highest BCUT2D eigenvalue weighted by Gasteiger charge is 2.33. The summed E-state index contributed by atoms with van der Waals surface area (Å²) in [6.07, 6.45) is 1.96. The molecule has 0 amide bonds. The minimum absolute atomic E-state index is 0.0312. The Labute approximate surface area is 120 Å². The van der Waals surface area contributed by atoms with Crippen LogP contribution in [0, 0.1) is 5.92 Å². The first kappa shape index (κ1) is 15.2. The third-order valence-electron chi connectivity index (χ3n) is 3.93. The van der Waals surface area contributed by atoms with E-state index in [0.29, 0.717) is 18.0 Å². The van der Waals surface area contributed by atoms with E-state index in [1.807, 2.05) is 6.92 Å². The SMILES string of the molecule is CC(=O)c1ccc(S(=O)(=O)N2CC(C)CCC2C)cc1. The second-order valence-corrected chi connectivity index (χ2v) is 7.58. The lowest BCUT2D eigenvalue weighted by Gasteiger charge is -2.35. The van der Waals surface area contributed by atoms with E-state index in [4.69, 9.17) is 0 Å². The van der Waals surface area contributed by atoms with Gasteiger partial charge in [0, 0.05) is 18.2 Å². The molecule has 5 heteroatoms. The van der Waals surface area contributed by atoms with Gasteiger partial charge in [0.1, 0.15) is 0 Å². The zero-order chi connectivity index (χ0) is 14.9. The Morgan fingerprint density at radius 3 is 2.30 bits per heavy atom. The molecule has 2 atom stereocenters. The molecular formula is C15H21NO3S. The Bertz CT molecular complexity index is 592. The largest absolute Gasteiger partial charge is 0.295 e. The van der Waals surface area contributed by atoms with E-state index in [9.17, 15) is 13.2 Å². The lowest BCUT2D eigenvalue weighted by molar-refractivity contribution is 0.101. The maximum Gasteiger partial charge on any atom is 0.243 e. The highest BCUT2D eigenvalue weighted by atomic mass is 32.2. The van der Waals surface area contributed by atoms with Crippen LogP contribution in [-0.4, -0.2) is 31.1 Å². The summed E-state index contributed by atoms with van der Waals surface area (Å²) >= 11 is 0. The van der Waals surface area contributed by atoms with E-state index in [1.165, 1.54) is 19.1 Å². The molecule has 1 fully saturated rings. The summed E-state index contributed by atoms with van der Waals surface area (Å²) in [5.74, 6) is 0.325. The van der Waals surface area contributed by atoms with Gasteiger partial charge in [-0.3, -0.25) is 4.79 Å². The van der Waals surface area contributed by atoms with Crippen molar-refractivity contribution in [1.29, 1.82) is 0 Å². The monoisotopic (exact) mass is 295 g/mol. The Balaban J connectivity index is 2.31. The predicted molar refractivity (Wildman–Crippen MR) is 78.2 cm³/mol. The lowest BCUT2D eigenvalue weighted by atomic mass is 9.97. The van der Waals surface area contributed by atoms with Crippen LogP contribution in [0.15, 0.2) is 29.2 Å². The van der Waals surface area contributed by atoms with Gasteiger partial charge in [0.05, 0.1) is 4.90 Å². The third-order valence-corrected chi connectivity index (χ3v) is 5.92. The average molecular weight is 295 g/mol. The number of nitrogens with zero attached hydrogens (tertiary/aromatic N) is 1. The average Bonchev–Trinajstić information content (AvgIpc) is 2.41. The molecule has 0 N–H and O–H groups in total. The van der Waals surface area contributed by atoms with Crippen LogP contribution < -0.4 is 0 Å². The van der Waals surface area contributed by atoms with Crippen LogP contribution >= 0.6 is 0 Å². The Morgan fingerprint density at radius 2 is 1.75 bits per heavy atom. The lowest BCUT2D eigenvalue weighted by Crippen LogP contribution is -2.44. The molecule has 2 unspecified atom stereocenters. The summed E-state index contributed by atoms with van der Waals surface area (Å²) in [5.41, 5.74) is 0.531. The number of piperidine rings is 1. The van der Waals surface area contributed by atoms with Crippen LogP contribution in [0.25, 0.3) is 0 Å². The highest BCUT2D eigenvalue weighted by Crippen LogP contribution is 2.27. The van der Waals surface area contributed by atoms with Crippen LogP contribution in [-0.2, 0) is 10.0 Å². The fraction of sp³-hybridized carbons (Fsp3) is 0.533. The molecule has 0 aromatic heterocycles. The quantitative estimate of drug-likeness (QED) is 0.806. The fourth-order valence-corrected chi connectivity index (χ4v) is 4.36. The first-order valence-electron chi connectivity index (χ1n) is 6.95. The Morgan fingerprint density at radius 1 is 1.15 bits per heavy atom. The van der Waals surface area contributed by atoms with Crippen LogP contribution in [0.2, 0.25) is 0 Å². The first-order valence-corrected chi connectivity index (χ1v) is 8.39. The van der Waals surface area contributed by atoms with Crippen molar-refractivity contribution in [3.63, 3.8) is 0 Å². The number of rotatable bonds is 3. The molecule has 2 rings (SSSR count). The normalized spacial score (nSPS) is 24.6. The summed E-state index contributed by atoms with van der Waals surface area (Å²) in [5, 5.41) is 0. The number of carbonyl (C=O) groups excluding carboxylic acids is 1. The van der Waals surface area contributed by atoms with Crippen molar-refractivity contribution >= 4 is 15.8 Å². The van der Waals surface area contributed by atoms with Crippen molar-refractivity contribution in [2.45, 2.75) is 44.6 Å². The number of carbonyl (C=O) groups is 1. The van der Waals surface area contributed by atoms with Gasteiger partial charge >= 0.3 is 0 Å². The third kappa shape index (κ3) is 2.94. The summed E-state index contributed by atoms with van der Waals surface area (Å²) in [7, 11) is -3.46. The molecule has 0 spiro atoms. The molecule has 1 aromatic rings. The van der Waals surface area contributed by atoms with Gasteiger partial charge in [0.2, 0.25) is 10.0 Å². The van der Waals surface area contributed by atoms with E-state index in [-0.39, 0.29) is 16.7 Å². The molecule has 0 bridgehead atoms. The fourth-order valence-electron chi connectivity index (χ4n) is 2.58. The highest BCUT2D eigenvalue weighted by molar-refractivity contribution is 7.89. The number of Topliss-reactive ketones (excluding diaryl/α,β-unsaturated/α-hetero) is 1. The van der Waals surface area contributed by atoms with E-state index < -0.39 is 10.0 Å². The second-order valence-electron chi connectivity index (χ2n) is 5.69. The molecule has 20 heavy (non-hydrogen) atoms. The van der Waals surface area contributed by atoms with Gasteiger partial charge in [-0.1, -0.05) is 19.1 Å². The van der Waals surface area contributed by atoms with Gasteiger partial charge in [-0.05, 0) is 44.7 Å². The number of hydrogen-bond acceptors (Lipinski definition) is 3. The number of hydrogen-bond donors (Lipinski definition) is 0. The van der Waals surface area contributed by atoms with Crippen molar-refractivity contribution in [3.8, 4) is 0 Å². The van der Waals surface area contributed by atoms with Crippen molar-refractivity contribution < 1.29 is 13.2 Å². The molecule has 0 saturated carbocycles. The van der Waals surface area contributed by atoms with Crippen LogP contribution in [0.4, 0.5) is 0 Å². The molecule has 1 aromatic carbocycles. The molecule has 1 aliphatic rings. The summed E-state index contributed by atoms with van der Waals surface area (Å²) < 4.78 is 26.9. The minimum atomic E-state index is -3.46. The molecular weight excluding hydrogens is 274 g/mol. The van der Waals surface area contributed by atoms with Crippen molar-refractivity contribution in [3.05, 3.63) is 29.8 Å². The zero-order valence-electron chi connectivity index (χ0n) is 12.2. The second kappa shape index (κ2) is 5.66. The molecule has 1 aliphatic heterocycles. The van der Waals surface area contributed by atoms with Gasteiger partial charge in [0.15, 0.2) is 5.78 Å². The molecule has 1 heterocycles. The molecule has 0 aliphatic carbocycles. The Hall–Kier alpha value is -1.20. The molecule has 110 valence electrons. The number of ketones is 1. The number of sulfonamides is 1. The summed E-state index contributed by atoms with van der Waals surface area (Å²) in [6.45, 7) is 6.07. The Kier molecular flexibility index (Phi) is 4.30. The maximum absolute atomic E-state index is 12.7. The zero-order valence-corrected chi connectivity index (χ0v) is 13.0. The minimum Gasteiger partial charge on any atom is -0.295 e. The van der Waals surface area contributed by atoms with Crippen molar-refractivity contribution in [2.24, 2.45) is 5.92 Å². The number of benzene rings is 1. The van der Waals surface area contributed by atoms with Crippen molar-refractivity contribution in [2.75, 3.05) is 6.54 Å². The first-order chi connectivity index (χ1) is 9.32. The summed E-state index contributed by atoms with van der Waals surface area (Å²) in [4.78, 5) is 11.5. The van der Waals surface area contributed by atoms with E-state index in [1.54, 1.807) is 16.4 Å². The standard InChI is InChI=1S/C15H21NO3S/c1-11-4-5-12(2)16(10-11)20(18,19)15-8-6-14(7-9-15)13(3)17/h6-9,11-12H,4-5,10H2,1-3H3. The van der Waals surface area contributed by atoms with Crippen LogP contribution in [0.5, 0.6) is 0 Å². The van der Waals surface area contributed by atoms with Crippen molar-refractivity contribution in [1.82, 2.24) is 4.31 Å². The topological polar surface area (TPSA) is 54.5 Å². The van der Waals surface area contributed by atoms with Gasteiger partial charge in [0.25, 0.3) is 0 Å². The van der Waals surface area contributed by atoms with Gasteiger partial charge in [-0.15, -0.1) is 0 Å². The van der Waals surface area contributed by atoms with Crippen LogP contribution in [0.3, 0.4) is 0 Å². The molecule has 1 saturated heterocycles. The molecule has 0 radical (unpaired) electrons. The molecule has 4 nitrogen and oxygen atoms in total. The van der Waals surface area contributed by atoms with Gasteiger partial charge < -0.3 is 0 Å².